The SMILES string of the molecule is NC1([C@@H]2[C@H](OCc3ccccc3)[C@@H](OCc3ccccc3)[C@@H](COCc3ccccc3)N2Cc2ccccc2)CC1. The molecular formula is C36H40N2O3. The smallest absolute Gasteiger partial charge is 0.103 e. The number of rotatable bonds is 13. The Labute approximate surface area is 243 Å². The lowest BCUT2D eigenvalue weighted by Crippen LogP contribution is -2.53. The number of hydrogen-bond acceptors (Lipinski definition) is 5. The molecule has 0 aromatic heterocycles. The Morgan fingerprint density at radius 3 is 1.51 bits per heavy atom. The summed E-state index contributed by atoms with van der Waals surface area (Å²) in [5.41, 5.74) is 11.5. The molecule has 2 fully saturated rings. The first-order chi connectivity index (χ1) is 20.2. The maximum atomic E-state index is 7.09. The molecule has 1 saturated carbocycles. The van der Waals surface area contributed by atoms with Gasteiger partial charge in [0.25, 0.3) is 0 Å². The molecule has 5 nitrogen and oxygen atoms in total. The molecule has 0 spiro atoms. The highest BCUT2D eigenvalue weighted by Gasteiger charge is 2.61. The van der Waals surface area contributed by atoms with Crippen molar-refractivity contribution >= 4 is 0 Å². The molecule has 4 aromatic carbocycles. The van der Waals surface area contributed by atoms with E-state index in [0.29, 0.717) is 26.4 Å². The Balaban J connectivity index is 1.31. The average Bonchev–Trinajstić information content (AvgIpc) is 3.70. The molecule has 0 unspecified atom stereocenters. The van der Waals surface area contributed by atoms with Crippen LogP contribution in [-0.4, -0.2) is 41.3 Å². The molecule has 0 amide bonds. The quantitative estimate of drug-likeness (QED) is 0.218. The van der Waals surface area contributed by atoms with Crippen LogP contribution >= 0.6 is 0 Å². The van der Waals surface area contributed by atoms with Crippen LogP contribution in [0.25, 0.3) is 0 Å². The van der Waals surface area contributed by atoms with Gasteiger partial charge in [0.1, 0.15) is 12.2 Å². The molecule has 2 aliphatic rings. The van der Waals surface area contributed by atoms with Crippen molar-refractivity contribution in [3.05, 3.63) is 144 Å². The van der Waals surface area contributed by atoms with E-state index >= 15 is 0 Å². The van der Waals surface area contributed by atoms with Crippen LogP contribution in [0, 0.1) is 0 Å². The normalized spacial score (nSPS) is 23.4. The fourth-order valence-corrected chi connectivity index (χ4v) is 6.08. The lowest BCUT2D eigenvalue weighted by molar-refractivity contribution is -0.0882. The molecule has 1 aliphatic heterocycles. The van der Waals surface area contributed by atoms with E-state index in [4.69, 9.17) is 19.9 Å². The number of ether oxygens (including phenoxy) is 3. The standard InChI is InChI=1S/C36H40N2O3/c37-36(21-22-36)35-34(41-26-31-19-11-4-12-20-31)33(40-25-30-17-9-3-10-18-30)32(27-39-24-29-15-7-2-8-16-29)38(35)23-28-13-5-1-6-14-28/h1-20,32-35H,21-27,37H2/t32-,33+,34-,35+/m1/s1. The lowest BCUT2D eigenvalue weighted by atomic mass is 9.99. The largest absolute Gasteiger partial charge is 0.375 e. The third-order valence-corrected chi connectivity index (χ3v) is 8.39. The summed E-state index contributed by atoms with van der Waals surface area (Å²) in [6, 6.07) is 41.7. The van der Waals surface area contributed by atoms with Gasteiger partial charge in [0.05, 0.1) is 38.5 Å². The summed E-state index contributed by atoms with van der Waals surface area (Å²) in [4.78, 5) is 2.53. The summed E-state index contributed by atoms with van der Waals surface area (Å²) in [6.07, 6.45) is 1.57. The molecule has 4 aromatic rings. The van der Waals surface area contributed by atoms with Gasteiger partial charge in [-0.15, -0.1) is 0 Å². The Kier molecular flexibility index (Phi) is 8.90. The topological polar surface area (TPSA) is 57.0 Å². The van der Waals surface area contributed by atoms with E-state index in [1.165, 1.54) is 5.56 Å². The average molecular weight is 549 g/mol. The predicted octanol–water partition coefficient (Wildman–Crippen LogP) is 6.12. The van der Waals surface area contributed by atoms with Gasteiger partial charge >= 0.3 is 0 Å². The minimum atomic E-state index is -0.307. The molecule has 41 heavy (non-hydrogen) atoms. The van der Waals surface area contributed by atoms with Gasteiger partial charge in [-0.1, -0.05) is 121 Å². The van der Waals surface area contributed by atoms with Crippen LogP contribution in [0.15, 0.2) is 121 Å². The van der Waals surface area contributed by atoms with Crippen molar-refractivity contribution in [3.63, 3.8) is 0 Å². The molecule has 5 heteroatoms. The first-order valence-electron chi connectivity index (χ1n) is 14.7. The van der Waals surface area contributed by atoms with Crippen molar-refractivity contribution in [2.24, 2.45) is 5.73 Å². The zero-order chi connectivity index (χ0) is 27.9. The Bertz CT molecular complexity index is 1330. The number of nitrogens with two attached hydrogens (primary N) is 1. The lowest BCUT2D eigenvalue weighted by Gasteiger charge is -2.35. The van der Waals surface area contributed by atoms with Gasteiger partial charge in [0.2, 0.25) is 0 Å². The zero-order valence-electron chi connectivity index (χ0n) is 23.6. The number of nitrogens with zero attached hydrogens (tertiary/aromatic N) is 1. The van der Waals surface area contributed by atoms with Crippen molar-refractivity contribution < 1.29 is 14.2 Å². The highest BCUT2D eigenvalue weighted by atomic mass is 16.5. The molecule has 6 rings (SSSR count). The summed E-state index contributed by atoms with van der Waals surface area (Å²) in [5.74, 6) is 0. The van der Waals surface area contributed by atoms with Crippen LogP contribution in [0.5, 0.6) is 0 Å². The number of likely N-dealkylation sites (tertiary alicyclic amines) is 1. The van der Waals surface area contributed by atoms with Crippen molar-refractivity contribution in [1.82, 2.24) is 4.90 Å². The van der Waals surface area contributed by atoms with E-state index in [9.17, 15) is 0 Å². The zero-order valence-corrected chi connectivity index (χ0v) is 23.6. The monoisotopic (exact) mass is 548 g/mol. The van der Waals surface area contributed by atoms with E-state index in [1.54, 1.807) is 0 Å². The highest BCUT2D eigenvalue weighted by molar-refractivity contribution is 5.23. The van der Waals surface area contributed by atoms with Crippen molar-refractivity contribution in [2.45, 2.75) is 69.0 Å². The summed E-state index contributed by atoms with van der Waals surface area (Å²) >= 11 is 0. The maximum absolute atomic E-state index is 7.09. The summed E-state index contributed by atoms with van der Waals surface area (Å²) < 4.78 is 20.1. The van der Waals surface area contributed by atoms with E-state index in [0.717, 1.165) is 36.1 Å². The first kappa shape index (κ1) is 27.8. The third-order valence-electron chi connectivity index (χ3n) is 8.39. The second kappa shape index (κ2) is 13.1. The Morgan fingerprint density at radius 2 is 1.02 bits per heavy atom. The van der Waals surface area contributed by atoms with Gasteiger partial charge in [-0.2, -0.15) is 0 Å². The van der Waals surface area contributed by atoms with Gasteiger partial charge in [0.15, 0.2) is 0 Å². The van der Waals surface area contributed by atoms with Crippen LogP contribution < -0.4 is 5.73 Å². The fraction of sp³-hybridized carbons (Fsp3) is 0.333. The highest BCUT2D eigenvalue weighted by Crippen LogP contribution is 2.47. The van der Waals surface area contributed by atoms with Gasteiger partial charge < -0.3 is 19.9 Å². The minimum Gasteiger partial charge on any atom is -0.375 e. The maximum Gasteiger partial charge on any atom is 0.103 e. The first-order valence-corrected chi connectivity index (χ1v) is 14.7. The second-order valence-corrected chi connectivity index (χ2v) is 11.4. The fourth-order valence-electron chi connectivity index (χ4n) is 6.08. The molecule has 2 N–H and O–H groups in total. The number of benzene rings is 4. The molecule has 212 valence electrons. The number of hydrogen-bond donors (Lipinski definition) is 1. The third kappa shape index (κ3) is 6.95. The Morgan fingerprint density at radius 1 is 0.585 bits per heavy atom. The van der Waals surface area contributed by atoms with Crippen LogP contribution in [0.3, 0.4) is 0 Å². The van der Waals surface area contributed by atoms with Crippen LogP contribution in [-0.2, 0) is 40.6 Å². The summed E-state index contributed by atoms with van der Waals surface area (Å²) in [7, 11) is 0. The van der Waals surface area contributed by atoms with Crippen LogP contribution in [0.4, 0.5) is 0 Å². The van der Waals surface area contributed by atoms with Crippen LogP contribution in [0.2, 0.25) is 0 Å². The minimum absolute atomic E-state index is 0.0116. The summed E-state index contributed by atoms with van der Waals surface area (Å²) in [6.45, 7) is 2.87. The van der Waals surface area contributed by atoms with Gasteiger partial charge in [-0.05, 0) is 35.1 Å². The molecule has 1 saturated heterocycles. The van der Waals surface area contributed by atoms with Crippen molar-refractivity contribution in [1.29, 1.82) is 0 Å². The molecule has 1 aliphatic carbocycles. The molecular weight excluding hydrogens is 508 g/mol. The van der Waals surface area contributed by atoms with E-state index in [2.05, 4.69) is 108 Å². The van der Waals surface area contributed by atoms with Crippen molar-refractivity contribution in [2.75, 3.05) is 6.61 Å². The Hall–Kier alpha value is -3.32. The molecule has 1 heterocycles. The predicted molar refractivity (Wildman–Crippen MR) is 162 cm³/mol. The van der Waals surface area contributed by atoms with E-state index < -0.39 is 0 Å². The van der Waals surface area contributed by atoms with Gasteiger partial charge in [-0.25, -0.2) is 0 Å². The molecule has 4 atom stereocenters. The van der Waals surface area contributed by atoms with Gasteiger partial charge in [0, 0.05) is 12.1 Å². The molecule has 0 radical (unpaired) electrons. The van der Waals surface area contributed by atoms with Crippen LogP contribution in [0.1, 0.15) is 35.1 Å². The van der Waals surface area contributed by atoms with E-state index in [-0.39, 0.29) is 29.8 Å². The second-order valence-electron chi connectivity index (χ2n) is 11.4. The van der Waals surface area contributed by atoms with Crippen molar-refractivity contribution in [3.8, 4) is 0 Å². The van der Waals surface area contributed by atoms with Gasteiger partial charge in [-0.3, -0.25) is 4.90 Å². The van der Waals surface area contributed by atoms with E-state index in [1.807, 2.05) is 18.2 Å². The molecule has 0 bridgehead atoms. The summed E-state index contributed by atoms with van der Waals surface area (Å²) in [5, 5.41) is 0.